The van der Waals surface area contributed by atoms with Crippen LogP contribution < -0.4 is 10.2 Å². The normalized spacial score (nSPS) is 19.0. The van der Waals surface area contributed by atoms with Gasteiger partial charge in [0.25, 0.3) is 5.91 Å². The Morgan fingerprint density at radius 2 is 2.10 bits per heavy atom. The van der Waals surface area contributed by atoms with Gasteiger partial charge in [0.2, 0.25) is 0 Å². The fraction of sp³-hybridized carbons (Fsp3) is 0.478. The zero-order valence-electron chi connectivity index (χ0n) is 17.5. The van der Waals surface area contributed by atoms with Crippen LogP contribution in [0.5, 0.6) is 0 Å². The molecule has 0 unspecified atom stereocenters. The number of morpholine rings is 1. The van der Waals surface area contributed by atoms with E-state index in [1.165, 1.54) is 0 Å². The number of aryl methyl sites for hydroxylation is 1. The number of carbonyl (C=O) groups excluding carboxylic acids is 1. The SMILES string of the molecule is COC[C@@H]1CN(c2cc(C)c(C(=O)NCc3ccc(Cl)cc3)c(C3CC3)n2)CCO1. The van der Waals surface area contributed by atoms with Crippen LogP contribution in [0.4, 0.5) is 5.82 Å². The van der Waals surface area contributed by atoms with Crippen molar-refractivity contribution in [1.82, 2.24) is 10.3 Å². The van der Waals surface area contributed by atoms with Gasteiger partial charge in [0.15, 0.2) is 0 Å². The lowest BCUT2D eigenvalue weighted by atomic mass is 10.0. The van der Waals surface area contributed by atoms with E-state index >= 15 is 0 Å². The summed E-state index contributed by atoms with van der Waals surface area (Å²) in [6, 6.07) is 9.54. The standard InChI is InChI=1S/C23H28ClN3O3/c1-15-11-20(27-9-10-30-19(13-27)14-29-2)26-22(17-5-6-17)21(15)23(28)25-12-16-3-7-18(24)8-4-16/h3-4,7-8,11,17,19H,5-6,9-10,12-14H2,1-2H3,(H,25,28)/t19-/m0/s1. The van der Waals surface area contributed by atoms with Gasteiger partial charge in [-0.2, -0.15) is 0 Å². The molecule has 1 N–H and O–H groups in total. The average Bonchev–Trinajstić information content (AvgIpc) is 3.58. The Hall–Kier alpha value is -2.15. The highest BCUT2D eigenvalue weighted by Gasteiger charge is 2.32. The summed E-state index contributed by atoms with van der Waals surface area (Å²) in [6.45, 7) is 5.21. The number of amides is 1. The predicted molar refractivity (Wildman–Crippen MR) is 117 cm³/mol. The van der Waals surface area contributed by atoms with Crippen LogP contribution in [0.2, 0.25) is 5.02 Å². The molecule has 0 radical (unpaired) electrons. The zero-order chi connectivity index (χ0) is 21.1. The summed E-state index contributed by atoms with van der Waals surface area (Å²) >= 11 is 5.94. The van der Waals surface area contributed by atoms with Crippen molar-refractivity contribution in [3.8, 4) is 0 Å². The third kappa shape index (κ3) is 4.94. The molecule has 160 valence electrons. The Morgan fingerprint density at radius 1 is 1.33 bits per heavy atom. The molecule has 1 aliphatic carbocycles. The molecule has 6 nitrogen and oxygen atoms in total. The van der Waals surface area contributed by atoms with Gasteiger partial charge in [0.1, 0.15) is 5.82 Å². The number of halogens is 1. The van der Waals surface area contributed by atoms with E-state index < -0.39 is 0 Å². The molecule has 1 aromatic carbocycles. The van der Waals surface area contributed by atoms with Crippen molar-refractivity contribution >= 4 is 23.3 Å². The summed E-state index contributed by atoms with van der Waals surface area (Å²) in [5.74, 6) is 1.23. The maximum Gasteiger partial charge on any atom is 0.253 e. The first kappa shape index (κ1) is 21.1. The van der Waals surface area contributed by atoms with E-state index in [-0.39, 0.29) is 12.0 Å². The second-order valence-electron chi connectivity index (χ2n) is 8.04. The molecule has 0 bridgehead atoms. The van der Waals surface area contributed by atoms with Gasteiger partial charge < -0.3 is 19.7 Å². The zero-order valence-corrected chi connectivity index (χ0v) is 18.2. The van der Waals surface area contributed by atoms with Crippen LogP contribution in [0.1, 0.15) is 45.9 Å². The van der Waals surface area contributed by atoms with Crippen molar-refractivity contribution < 1.29 is 14.3 Å². The number of carbonyl (C=O) groups is 1. The van der Waals surface area contributed by atoms with Gasteiger partial charge in [-0.15, -0.1) is 0 Å². The Morgan fingerprint density at radius 3 is 2.80 bits per heavy atom. The van der Waals surface area contributed by atoms with Gasteiger partial charge in [0, 0.05) is 37.7 Å². The van der Waals surface area contributed by atoms with Crippen LogP contribution in [-0.2, 0) is 16.0 Å². The van der Waals surface area contributed by atoms with E-state index in [0.717, 1.165) is 54.1 Å². The Bertz CT molecular complexity index is 897. The lowest BCUT2D eigenvalue weighted by Crippen LogP contribution is -2.45. The highest BCUT2D eigenvalue weighted by Crippen LogP contribution is 2.42. The minimum absolute atomic E-state index is 0.0394. The van der Waals surface area contributed by atoms with Crippen molar-refractivity contribution in [2.75, 3.05) is 38.3 Å². The summed E-state index contributed by atoms with van der Waals surface area (Å²) in [5, 5.41) is 3.74. The Labute approximate surface area is 182 Å². The van der Waals surface area contributed by atoms with Gasteiger partial charge >= 0.3 is 0 Å². The van der Waals surface area contributed by atoms with E-state index in [1.54, 1.807) is 7.11 Å². The molecule has 7 heteroatoms. The third-order valence-corrected chi connectivity index (χ3v) is 5.86. The number of nitrogens with zero attached hydrogens (tertiary/aromatic N) is 2. The fourth-order valence-corrected chi connectivity index (χ4v) is 4.00. The van der Waals surface area contributed by atoms with Gasteiger partial charge in [-0.25, -0.2) is 4.98 Å². The number of rotatable bonds is 7. The molecular formula is C23H28ClN3O3. The number of benzene rings is 1. The number of aromatic nitrogens is 1. The van der Waals surface area contributed by atoms with Crippen molar-refractivity contribution in [2.24, 2.45) is 0 Å². The minimum Gasteiger partial charge on any atom is -0.382 e. The predicted octanol–water partition coefficient (Wildman–Crippen LogP) is 3.70. The first-order valence-electron chi connectivity index (χ1n) is 10.4. The number of anilines is 1. The second-order valence-corrected chi connectivity index (χ2v) is 8.47. The third-order valence-electron chi connectivity index (χ3n) is 5.60. The molecule has 1 aromatic heterocycles. The molecule has 2 aliphatic rings. The van der Waals surface area contributed by atoms with Crippen molar-refractivity contribution in [2.45, 2.75) is 38.3 Å². The lowest BCUT2D eigenvalue weighted by molar-refractivity contribution is -0.0102. The summed E-state index contributed by atoms with van der Waals surface area (Å²) in [7, 11) is 1.69. The van der Waals surface area contributed by atoms with Crippen molar-refractivity contribution in [1.29, 1.82) is 0 Å². The van der Waals surface area contributed by atoms with Crippen LogP contribution >= 0.6 is 11.6 Å². The second kappa shape index (κ2) is 9.33. The smallest absolute Gasteiger partial charge is 0.253 e. The van der Waals surface area contributed by atoms with E-state index in [0.29, 0.717) is 30.7 Å². The molecule has 2 aromatic rings. The maximum atomic E-state index is 13.1. The maximum absolute atomic E-state index is 13.1. The number of nitrogens with one attached hydrogen (secondary N) is 1. The molecule has 2 fully saturated rings. The van der Waals surface area contributed by atoms with Gasteiger partial charge in [-0.1, -0.05) is 23.7 Å². The van der Waals surface area contributed by atoms with Crippen LogP contribution in [0.3, 0.4) is 0 Å². The first-order valence-corrected chi connectivity index (χ1v) is 10.8. The number of pyridine rings is 1. The van der Waals surface area contributed by atoms with Gasteiger partial charge in [0.05, 0.1) is 30.6 Å². The minimum atomic E-state index is -0.0670. The quantitative estimate of drug-likeness (QED) is 0.727. The summed E-state index contributed by atoms with van der Waals surface area (Å²) in [5.41, 5.74) is 3.62. The monoisotopic (exact) mass is 429 g/mol. The van der Waals surface area contributed by atoms with E-state index in [9.17, 15) is 4.79 Å². The largest absolute Gasteiger partial charge is 0.382 e. The molecular weight excluding hydrogens is 402 g/mol. The number of hydrogen-bond donors (Lipinski definition) is 1. The Kier molecular flexibility index (Phi) is 6.56. The molecule has 1 saturated carbocycles. The molecule has 2 heterocycles. The van der Waals surface area contributed by atoms with Gasteiger partial charge in [-0.3, -0.25) is 4.79 Å². The lowest BCUT2D eigenvalue weighted by Gasteiger charge is -2.34. The summed E-state index contributed by atoms with van der Waals surface area (Å²) in [6.07, 6.45) is 2.21. The number of ether oxygens (including phenoxy) is 2. The fourth-order valence-electron chi connectivity index (χ4n) is 3.88. The van der Waals surface area contributed by atoms with E-state index in [2.05, 4.69) is 10.2 Å². The molecule has 4 rings (SSSR count). The topological polar surface area (TPSA) is 63.7 Å². The van der Waals surface area contributed by atoms with Crippen molar-refractivity contribution in [3.63, 3.8) is 0 Å². The van der Waals surface area contributed by atoms with E-state index in [1.807, 2.05) is 37.3 Å². The van der Waals surface area contributed by atoms with Gasteiger partial charge in [-0.05, 0) is 49.1 Å². The summed E-state index contributed by atoms with van der Waals surface area (Å²) in [4.78, 5) is 20.2. The van der Waals surface area contributed by atoms with Crippen LogP contribution in [0.15, 0.2) is 30.3 Å². The highest BCUT2D eigenvalue weighted by molar-refractivity contribution is 6.30. The molecule has 1 atom stereocenters. The average molecular weight is 430 g/mol. The van der Waals surface area contributed by atoms with Crippen LogP contribution in [0.25, 0.3) is 0 Å². The number of methoxy groups -OCH3 is 1. The molecule has 0 spiro atoms. The molecule has 30 heavy (non-hydrogen) atoms. The van der Waals surface area contributed by atoms with Crippen LogP contribution in [-0.4, -0.2) is 50.4 Å². The first-order chi connectivity index (χ1) is 14.5. The molecule has 1 aliphatic heterocycles. The summed E-state index contributed by atoms with van der Waals surface area (Å²) < 4.78 is 11.0. The molecule has 1 amide bonds. The van der Waals surface area contributed by atoms with Crippen molar-refractivity contribution in [3.05, 3.63) is 57.7 Å². The molecule has 1 saturated heterocycles. The van der Waals surface area contributed by atoms with E-state index in [4.69, 9.17) is 26.1 Å². The Balaban J connectivity index is 1.53. The van der Waals surface area contributed by atoms with Crippen LogP contribution in [0, 0.1) is 6.92 Å². The highest BCUT2D eigenvalue weighted by atomic mass is 35.5. The number of hydrogen-bond acceptors (Lipinski definition) is 5.